The summed E-state index contributed by atoms with van der Waals surface area (Å²) in [5.74, 6) is 0.657. The van der Waals surface area contributed by atoms with Crippen molar-refractivity contribution in [3.63, 3.8) is 0 Å². The van der Waals surface area contributed by atoms with Gasteiger partial charge in [-0.1, -0.05) is 20.8 Å². The number of aromatic nitrogens is 1. The molecule has 0 aromatic carbocycles. The number of rotatable bonds is 7. The molecule has 1 saturated heterocycles. The molecular formula is C17H29N3O. The minimum Gasteiger partial charge on any atom is -0.353 e. The van der Waals surface area contributed by atoms with E-state index in [1.807, 2.05) is 29.1 Å². The van der Waals surface area contributed by atoms with Crippen LogP contribution in [-0.4, -0.2) is 41.1 Å². The minimum absolute atomic E-state index is 0.0866. The van der Waals surface area contributed by atoms with Gasteiger partial charge in [-0.3, -0.25) is 9.69 Å². The Balaban J connectivity index is 1.92. The van der Waals surface area contributed by atoms with Crippen LogP contribution in [0.15, 0.2) is 24.5 Å². The summed E-state index contributed by atoms with van der Waals surface area (Å²) in [5, 5.41) is 3.18. The molecule has 2 atom stereocenters. The predicted octanol–water partition coefficient (Wildman–Crippen LogP) is 2.68. The van der Waals surface area contributed by atoms with Crippen molar-refractivity contribution < 1.29 is 4.79 Å². The van der Waals surface area contributed by atoms with E-state index < -0.39 is 0 Å². The second-order valence-electron chi connectivity index (χ2n) is 6.45. The van der Waals surface area contributed by atoms with Gasteiger partial charge >= 0.3 is 0 Å². The van der Waals surface area contributed by atoms with E-state index in [1.54, 1.807) is 0 Å². The van der Waals surface area contributed by atoms with Gasteiger partial charge in [0, 0.05) is 25.0 Å². The summed E-state index contributed by atoms with van der Waals surface area (Å²) in [6.45, 7) is 9.56. The van der Waals surface area contributed by atoms with Crippen LogP contribution in [0.2, 0.25) is 0 Å². The lowest BCUT2D eigenvalue weighted by Gasteiger charge is -2.25. The van der Waals surface area contributed by atoms with Crippen LogP contribution in [-0.2, 0) is 4.79 Å². The molecule has 1 aromatic rings. The van der Waals surface area contributed by atoms with E-state index in [2.05, 4.69) is 31.0 Å². The zero-order valence-electron chi connectivity index (χ0n) is 13.6. The topological polar surface area (TPSA) is 37.3 Å². The molecular weight excluding hydrogens is 262 g/mol. The van der Waals surface area contributed by atoms with Crippen molar-refractivity contribution in [2.45, 2.75) is 52.1 Å². The Morgan fingerprint density at radius 2 is 2.05 bits per heavy atom. The number of likely N-dealkylation sites (N-methyl/N-ethyl adjacent to an activating group) is 1. The van der Waals surface area contributed by atoms with E-state index >= 15 is 0 Å². The molecule has 0 radical (unpaired) electrons. The van der Waals surface area contributed by atoms with E-state index in [-0.39, 0.29) is 11.9 Å². The number of nitrogens with zero attached hydrogens (tertiary/aromatic N) is 2. The van der Waals surface area contributed by atoms with Gasteiger partial charge in [-0.25, -0.2) is 0 Å². The monoisotopic (exact) mass is 291 g/mol. The first-order chi connectivity index (χ1) is 10.1. The van der Waals surface area contributed by atoms with Crippen molar-refractivity contribution in [3.05, 3.63) is 24.5 Å². The van der Waals surface area contributed by atoms with Crippen molar-refractivity contribution in [1.82, 2.24) is 14.8 Å². The van der Waals surface area contributed by atoms with Gasteiger partial charge in [-0.2, -0.15) is 0 Å². The molecule has 2 rings (SSSR count). The number of carbonyl (C=O) groups is 1. The Kier molecular flexibility index (Phi) is 5.85. The maximum atomic E-state index is 12.6. The van der Waals surface area contributed by atoms with Crippen molar-refractivity contribution in [2.75, 3.05) is 19.6 Å². The molecule has 0 spiro atoms. The average Bonchev–Trinajstić information content (AvgIpc) is 3.12. The summed E-state index contributed by atoms with van der Waals surface area (Å²) in [6.07, 6.45) is 7.30. The summed E-state index contributed by atoms with van der Waals surface area (Å²) in [6, 6.07) is 4.40. The molecule has 1 N–H and O–H groups in total. The highest BCUT2D eigenvalue weighted by molar-refractivity contribution is 5.80. The third-order valence-electron chi connectivity index (χ3n) is 4.40. The standard InChI is InChI=1S/C17H29N3O/c1-4-19-11-7-8-15(19)13-18-17(21)16(12-14(2)3)20-9-5-6-10-20/h5-6,9-10,14-16H,4,7-8,11-13H2,1-3H3,(H,18,21)/t15-,16+/m1/s1. The summed E-state index contributed by atoms with van der Waals surface area (Å²) in [7, 11) is 0. The first-order valence-electron chi connectivity index (χ1n) is 8.26. The van der Waals surface area contributed by atoms with E-state index in [0.29, 0.717) is 12.0 Å². The zero-order valence-corrected chi connectivity index (χ0v) is 13.6. The van der Waals surface area contributed by atoms with E-state index in [9.17, 15) is 4.79 Å². The molecule has 4 heteroatoms. The normalized spacial score (nSPS) is 20.9. The Labute approximate surface area is 128 Å². The molecule has 1 amide bonds. The number of hydrogen-bond acceptors (Lipinski definition) is 2. The first-order valence-corrected chi connectivity index (χ1v) is 8.26. The molecule has 0 bridgehead atoms. The van der Waals surface area contributed by atoms with Crippen LogP contribution in [0.4, 0.5) is 0 Å². The smallest absolute Gasteiger partial charge is 0.243 e. The number of likely N-dealkylation sites (tertiary alicyclic amines) is 1. The Morgan fingerprint density at radius 3 is 2.67 bits per heavy atom. The fraction of sp³-hybridized carbons (Fsp3) is 0.706. The van der Waals surface area contributed by atoms with Crippen molar-refractivity contribution in [1.29, 1.82) is 0 Å². The molecule has 1 aliphatic rings. The summed E-state index contributed by atoms with van der Waals surface area (Å²) < 4.78 is 2.03. The van der Waals surface area contributed by atoms with E-state index in [1.165, 1.54) is 19.4 Å². The number of nitrogens with one attached hydrogen (secondary N) is 1. The van der Waals surface area contributed by atoms with Gasteiger partial charge in [-0.05, 0) is 50.4 Å². The van der Waals surface area contributed by atoms with E-state index in [0.717, 1.165) is 19.5 Å². The predicted molar refractivity (Wildman–Crippen MR) is 86.2 cm³/mol. The quantitative estimate of drug-likeness (QED) is 0.838. The highest BCUT2D eigenvalue weighted by atomic mass is 16.2. The molecule has 0 unspecified atom stereocenters. The lowest BCUT2D eigenvalue weighted by Crippen LogP contribution is -2.42. The Morgan fingerprint density at radius 1 is 1.33 bits per heavy atom. The number of amides is 1. The molecule has 1 fully saturated rings. The lowest BCUT2D eigenvalue weighted by molar-refractivity contribution is -0.125. The van der Waals surface area contributed by atoms with Crippen LogP contribution >= 0.6 is 0 Å². The van der Waals surface area contributed by atoms with Crippen molar-refractivity contribution in [2.24, 2.45) is 5.92 Å². The minimum atomic E-state index is -0.0866. The maximum absolute atomic E-state index is 12.6. The highest BCUT2D eigenvalue weighted by Crippen LogP contribution is 2.19. The van der Waals surface area contributed by atoms with Gasteiger partial charge in [0.05, 0.1) is 0 Å². The van der Waals surface area contributed by atoms with Gasteiger partial charge in [-0.15, -0.1) is 0 Å². The molecule has 21 heavy (non-hydrogen) atoms. The summed E-state index contributed by atoms with van der Waals surface area (Å²) >= 11 is 0. The number of hydrogen-bond donors (Lipinski definition) is 1. The summed E-state index contributed by atoms with van der Waals surface area (Å²) in [5.41, 5.74) is 0. The van der Waals surface area contributed by atoms with Gasteiger partial charge in [0.25, 0.3) is 0 Å². The Hall–Kier alpha value is -1.29. The largest absolute Gasteiger partial charge is 0.353 e. The number of carbonyl (C=O) groups excluding carboxylic acids is 1. The van der Waals surface area contributed by atoms with Crippen LogP contribution < -0.4 is 5.32 Å². The molecule has 1 aliphatic heterocycles. The highest BCUT2D eigenvalue weighted by Gasteiger charge is 2.25. The summed E-state index contributed by atoms with van der Waals surface area (Å²) in [4.78, 5) is 15.0. The second kappa shape index (κ2) is 7.64. The molecule has 0 aliphatic carbocycles. The average molecular weight is 291 g/mol. The fourth-order valence-corrected chi connectivity index (χ4v) is 3.25. The third kappa shape index (κ3) is 4.34. The van der Waals surface area contributed by atoms with Gasteiger partial charge < -0.3 is 9.88 Å². The molecule has 1 aromatic heterocycles. The zero-order chi connectivity index (χ0) is 15.2. The van der Waals surface area contributed by atoms with Crippen LogP contribution in [0.1, 0.15) is 46.1 Å². The molecule has 4 nitrogen and oxygen atoms in total. The van der Waals surface area contributed by atoms with Gasteiger partial charge in [0.1, 0.15) is 6.04 Å². The van der Waals surface area contributed by atoms with Crippen LogP contribution in [0.3, 0.4) is 0 Å². The van der Waals surface area contributed by atoms with Crippen LogP contribution in [0.25, 0.3) is 0 Å². The van der Waals surface area contributed by atoms with Crippen LogP contribution in [0, 0.1) is 5.92 Å². The SMILES string of the molecule is CCN1CCC[C@@H]1CNC(=O)[C@H](CC(C)C)n1cccc1. The maximum Gasteiger partial charge on any atom is 0.243 e. The van der Waals surface area contributed by atoms with Crippen molar-refractivity contribution in [3.8, 4) is 0 Å². The van der Waals surface area contributed by atoms with Crippen LogP contribution in [0.5, 0.6) is 0 Å². The van der Waals surface area contributed by atoms with Gasteiger partial charge in [0.15, 0.2) is 0 Å². The molecule has 118 valence electrons. The van der Waals surface area contributed by atoms with Gasteiger partial charge in [0.2, 0.25) is 5.91 Å². The Bertz CT molecular complexity index is 427. The van der Waals surface area contributed by atoms with E-state index in [4.69, 9.17) is 0 Å². The third-order valence-corrected chi connectivity index (χ3v) is 4.40. The molecule has 2 heterocycles. The second-order valence-corrected chi connectivity index (χ2v) is 6.45. The fourth-order valence-electron chi connectivity index (χ4n) is 3.25. The van der Waals surface area contributed by atoms with Crippen molar-refractivity contribution >= 4 is 5.91 Å². The lowest BCUT2D eigenvalue weighted by atomic mass is 10.0. The first kappa shape index (κ1) is 16.1. The molecule has 0 saturated carbocycles.